The maximum atomic E-state index is 12.2. The highest BCUT2D eigenvalue weighted by atomic mass is 79.9. The first-order valence-electron chi connectivity index (χ1n) is 9.40. The van der Waals surface area contributed by atoms with Gasteiger partial charge in [-0.2, -0.15) is 0 Å². The molecule has 0 aliphatic carbocycles. The fraction of sp³-hybridized carbons (Fsp3) is 0.227. The van der Waals surface area contributed by atoms with Crippen LogP contribution in [0.2, 0.25) is 0 Å². The SMILES string of the molecule is Cc1cc(C)c(NC(=O)CNC(=O)CSc2ncc(-c3ccc(Br)cc3)[nH]2)c(C)c1. The number of anilines is 1. The Morgan fingerprint density at radius 3 is 2.40 bits per heavy atom. The molecule has 3 aromatic rings. The Morgan fingerprint density at radius 1 is 1.07 bits per heavy atom. The number of carbonyl (C=O) groups is 2. The van der Waals surface area contributed by atoms with Crippen LogP contribution in [0.1, 0.15) is 16.7 Å². The van der Waals surface area contributed by atoms with E-state index in [2.05, 4.69) is 36.5 Å². The van der Waals surface area contributed by atoms with E-state index < -0.39 is 0 Å². The molecule has 1 aromatic heterocycles. The van der Waals surface area contributed by atoms with Crippen LogP contribution >= 0.6 is 27.7 Å². The molecule has 0 spiro atoms. The summed E-state index contributed by atoms with van der Waals surface area (Å²) in [6, 6.07) is 11.9. The normalized spacial score (nSPS) is 10.7. The van der Waals surface area contributed by atoms with E-state index in [0.29, 0.717) is 5.16 Å². The Labute approximate surface area is 188 Å². The molecular formula is C22H23BrN4O2S. The van der Waals surface area contributed by atoms with Gasteiger partial charge in [0.1, 0.15) is 0 Å². The van der Waals surface area contributed by atoms with Gasteiger partial charge in [-0.15, -0.1) is 0 Å². The van der Waals surface area contributed by atoms with E-state index in [-0.39, 0.29) is 24.1 Å². The molecule has 1 heterocycles. The maximum Gasteiger partial charge on any atom is 0.243 e. The number of aromatic nitrogens is 2. The van der Waals surface area contributed by atoms with Gasteiger partial charge in [-0.25, -0.2) is 4.98 Å². The second-order valence-electron chi connectivity index (χ2n) is 7.00. The smallest absolute Gasteiger partial charge is 0.243 e. The summed E-state index contributed by atoms with van der Waals surface area (Å²) in [6.07, 6.45) is 1.74. The van der Waals surface area contributed by atoms with Crippen LogP contribution in [-0.2, 0) is 9.59 Å². The second kappa shape index (κ2) is 9.95. The summed E-state index contributed by atoms with van der Waals surface area (Å²) in [5, 5.41) is 6.18. The molecule has 30 heavy (non-hydrogen) atoms. The number of aromatic amines is 1. The van der Waals surface area contributed by atoms with Crippen molar-refractivity contribution < 1.29 is 9.59 Å². The van der Waals surface area contributed by atoms with Gasteiger partial charge in [0.15, 0.2) is 5.16 Å². The van der Waals surface area contributed by atoms with Crippen molar-refractivity contribution in [1.29, 1.82) is 0 Å². The molecule has 156 valence electrons. The Kier molecular flexibility index (Phi) is 7.33. The van der Waals surface area contributed by atoms with Crippen molar-refractivity contribution in [2.45, 2.75) is 25.9 Å². The van der Waals surface area contributed by atoms with Crippen LogP contribution in [0.3, 0.4) is 0 Å². The average Bonchev–Trinajstić information content (AvgIpc) is 3.17. The van der Waals surface area contributed by atoms with Crippen molar-refractivity contribution >= 4 is 45.2 Å². The third kappa shape index (κ3) is 5.96. The zero-order chi connectivity index (χ0) is 21.7. The zero-order valence-electron chi connectivity index (χ0n) is 17.0. The lowest BCUT2D eigenvalue weighted by Gasteiger charge is -2.13. The van der Waals surface area contributed by atoms with Crippen molar-refractivity contribution in [2.75, 3.05) is 17.6 Å². The number of H-pyrrole nitrogens is 1. The van der Waals surface area contributed by atoms with Gasteiger partial charge in [-0.3, -0.25) is 9.59 Å². The molecule has 2 aromatic carbocycles. The topological polar surface area (TPSA) is 86.9 Å². The molecule has 0 radical (unpaired) electrons. The molecule has 0 atom stereocenters. The predicted octanol–water partition coefficient (Wildman–Crippen LogP) is 4.61. The van der Waals surface area contributed by atoms with Crippen LogP contribution in [0.25, 0.3) is 11.3 Å². The molecule has 2 amide bonds. The number of thioether (sulfide) groups is 1. The molecule has 0 fully saturated rings. The zero-order valence-corrected chi connectivity index (χ0v) is 19.4. The molecule has 0 aliphatic rings. The highest BCUT2D eigenvalue weighted by Crippen LogP contribution is 2.23. The lowest BCUT2D eigenvalue weighted by atomic mass is 10.1. The van der Waals surface area contributed by atoms with Crippen molar-refractivity contribution in [3.63, 3.8) is 0 Å². The predicted molar refractivity (Wildman–Crippen MR) is 125 cm³/mol. The van der Waals surface area contributed by atoms with Crippen molar-refractivity contribution in [3.05, 3.63) is 63.8 Å². The molecule has 3 N–H and O–H groups in total. The summed E-state index contributed by atoms with van der Waals surface area (Å²) < 4.78 is 1.01. The number of nitrogens with zero attached hydrogens (tertiary/aromatic N) is 1. The van der Waals surface area contributed by atoms with Crippen LogP contribution < -0.4 is 10.6 Å². The monoisotopic (exact) mass is 486 g/mol. The van der Waals surface area contributed by atoms with Gasteiger partial charge in [0.25, 0.3) is 0 Å². The van der Waals surface area contributed by atoms with Crippen LogP contribution in [0.4, 0.5) is 5.69 Å². The van der Waals surface area contributed by atoms with Gasteiger partial charge in [-0.1, -0.05) is 57.5 Å². The molecular weight excluding hydrogens is 464 g/mol. The summed E-state index contributed by atoms with van der Waals surface area (Å²) >= 11 is 4.70. The molecule has 0 saturated carbocycles. The largest absolute Gasteiger partial charge is 0.346 e. The number of amides is 2. The summed E-state index contributed by atoms with van der Waals surface area (Å²) in [7, 11) is 0. The minimum Gasteiger partial charge on any atom is -0.346 e. The summed E-state index contributed by atoms with van der Waals surface area (Å²) in [6.45, 7) is 5.85. The standard InChI is InChI=1S/C22H23BrN4O2S/c1-13-8-14(2)21(15(3)9-13)27-19(28)11-24-20(29)12-30-22-25-10-18(26-22)16-4-6-17(23)7-5-16/h4-10H,11-12H2,1-3H3,(H,24,29)(H,25,26)(H,27,28). The molecule has 0 aliphatic heterocycles. The first-order valence-corrected chi connectivity index (χ1v) is 11.2. The molecule has 8 heteroatoms. The Balaban J connectivity index is 1.46. The van der Waals surface area contributed by atoms with E-state index in [1.165, 1.54) is 11.8 Å². The minimum atomic E-state index is -0.251. The minimum absolute atomic E-state index is 0.0750. The molecule has 0 saturated heterocycles. The Bertz CT molecular complexity index is 1040. The van der Waals surface area contributed by atoms with Crippen LogP contribution in [0, 0.1) is 20.8 Å². The summed E-state index contributed by atoms with van der Waals surface area (Å²) in [5.41, 5.74) is 5.85. The summed E-state index contributed by atoms with van der Waals surface area (Å²) in [5.74, 6) is -0.309. The van der Waals surface area contributed by atoms with E-state index in [9.17, 15) is 9.59 Å². The van der Waals surface area contributed by atoms with Gasteiger partial charge in [0.2, 0.25) is 11.8 Å². The number of hydrogen-bond donors (Lipinski definition) is 3. The van der Waals surface area contributed by atoms with E-state index >= 15 is 0 Å². The Hall–Kier alpha value is -2.58. The van der Waals surface area contributed by atoms with E-state index in [1.54, 1.807) is 6.20 Å². The van der Waals surface area contributed by atoms with Gasteiger partial charge in [-0.05, 0) is 49.6 Å². The quantitative estimate of drug-likeness (QED) is 0.425. The molecule has 6 nitrogen and oxygen atoms in total. The number of carbonyl (C=O) groups excluding carboxylic acids is 2. The number of imidazole rings is 1. The van der Waals surface area contributed by atoms with E-state index in [1.807, 2.05) is 57.2 Å². The van der Waals surface area contributed by atoms with Crippen molar-refractivity contribution in [1.82, 2.24) is 15.3 Å². The fourth-order valence-electron chi connectivity index (χ4n) is 3.08. The first kappa shape index (κ1) is 22.1. The molecule has 3 rings (SSSR count). The number of hydrogen-bond acceptors (Lipinski definition) is 4. The fourth-order valence-corrected chi connectivity index (χ4v) is 4.02. The highest BCUT2D eigenvalue weighted by molar-refractivity contribution is 9.10. The van der Waals surface area contributed by atoms with Crippen LogP contribution in [0.15, 0.2) is 52.2 Å². The second-order valence-corrected chi connectivity index (χ2v) is 8.88. The average molecular weight is 487 g/mol. The third-order valence-electron chi connectivity index (χ3n) is 4.44. The number of benzene rings is 2. The molecule has 0 bridgehead atoms. The van der Waals surface area contributed by atoms with E-state index in [4.69, 9.17) is 0 Å². The first-order chi connectivity index (χ1) is 14.3. The van der Waals surface area contributed by atoms with Gasteiger partial charge in [0, 0.05) is 10.2 Å². The van der Waals surface area contributed by atoms with Gasteiger partial charge >= 0.3 is 0 Å². The highest BCUT2D eigenvalue weighted by Gasteiger charge is 2.11. The third-order valence-corrected chi connectivity index (χ3v) is 5.85. The van der Waals surface area contributed by atoms with Crippen LogP contribution in [-0.4, -0.2) is 34.1 Å². The van der Waals surface area contributed by atoms with E-state index in [0.717, 1.165) is 38.1 Å². The number of aryl methyl sites for hydroxylation is 3. The summed E-state index contributed by atoms with van der Waals surface area (Å²) in [4.78, 5) is 31.8. The van der Waals surface area contributed by atoms with Gasteiger partial charge < -0.3 is 15.6 Å². The molecule has 0 unspecified atom stereocenters. The Morgan fingerprint density at radius 2 is 1.73 bits per heavy atom. The van der Waals surface area contributed by atoms with Gasteiger partial charge in [0.05, 0.1) is 24.2 Å². The van der Waals surface area contributed by atoms with Crippen molar-refractivity contribution in [3.8, 4) is 11.3 Å². The number of nitrogens with one attached hydrogen (secondary N) is 3. The lowest BCUT2D eigenvalue weighted by molar-refractivity contribution is -0.122. The number of rotatable bonds is 7. The lowest BCUT2D eigenvalue weighted by Crippen LogP contribution is -2.34. The number of halogens is 1. The van der Waals surface area contributed by atoms with Crippen LogP contribution in [0.5, 0.6) is 0 Å². The maximum absolute atomic E-state index is 12.2. The van der Waals surface area contributed by atoms with Crippen molar-refractivity contribution in [2.24, 2.45) is 0 Å².